The van der Waals surface area contributed by atoms with Gasteiger partial charge in [0.05, 0.1) is 24.6 Å². The largest absolute Gasteiger partial charge is 0.378 e. The number of hydrogen-bond acceptors (Lipinski definition) is 4. The molecular formula is C24H28N4O2. The van der Waals surface area contributed by atoms with Crippen molar-refractivity contribution in [1.29, 1.82) is 0 Å². The molecule has 2 aromatic heterocycles. The number of fused-ring (bicyclic) bond motifs is 1. The number of pyridine rings is 1. The molecule has 156 valence electrons. The predicted octanol–water partition coefficient (Wildman–Crippen LogP) is 3.71. The smallest absolute Gasteiger partial charge is 0.255 e. The van der Waals surface area contributed by atoms with Crippen molar-refractivity contribution in [2.75, 3.05) is 19.7 Å². The van der Waals surface area contributed by atoms with E-state index in [-0.39, 0.29) is 11.3 Å². The molecule has 4 heterocycles. The van der Waals surface area contributed by atoms with Crippen LogP contribution in [0.2, 0.25) is 0 Å². The number of carbonyl (C=O) groups excluding carboxylic acids is 1. The molecule has 6 heteroatoms. The van der Waals surface area contributed by atoms with E-state index in [1.165, 1.54) is 5.56 Å². The number of hydrogen-bond donors (Lipinski definition) is 0. The van der Waals surface area contributed by atoms with Crippen LogP contribution in [0.1, 0.15) is 42.1 Å². The minimum Gasteiger partial charge on any atom is -0.378 e. The van der Waals surface area contributed by atoms with Crippen LogP contribution in [0.4, 0.5) is 0 Å². The quantitative estimate of drug-likeness (QED) is 0.665. The van der Waals surface area contributed by atoms with Crippen LogP contribution in [0, 0.1) is 5.41 Å². The van der Waals surface area contributed by atoms with Gasteiger partial charge in [0.1, 0.15) is 5.52 Å². The molecule has 2 fully saturated rings. The number of ether oxygens (including phenoxy) is 1. The highest BCUT2D eigenvalue weighted by Crippen LogP contribution is 2.41. The van der Waals surface area contributed by atoms with E-state index in [0.717, 1.165) is 63.1 Å². The second-order valence-corrected chi connectivity index (χ2v) is 8.86. The summed E-state index contributed by atoms with van der Waals surface area (Å²) in [5.74, 6) is 0.0602. The van der Waals surface area contributed by atoms with Gasteiger partial charge in [0.15, 0.2) is 5.65 Å². The van der Waals surface area contributed by atoms with Gasteiger partial charge in [-0.15, -0.1) is 0 Å². The SMILES string of the molecule is CC1CC2(CCN(C(=O)c3cnc4c(c3)ncn4CCc3ccccc3)CC2)CO1. The Morgan fingerprint density at radius 1 is 1.20 bits per heavy atom. The summed E-state index contributed by atoms with van der Waals surface area (Å²) in [6.07, 6.45) is 7.95. The summed E-state index contributed by atoms with van der Waals surface area (Å²) in [5, 5.41) is 0. The molecule has 0 bridgehead atoms. The van der Waals surface area contributed by atoms with Crippen molar-refractivity contribution >= 4 is 17.1 Å². The van der Waals surface area contributed by atoms with Gasteiger partial charge in [-0.1, -0.05) is 30.3 Å². The van der Waals surface area contributed by atoms with Crippen molar-refractivity contribution < 1.29 is 9.53 Å². The molecule has 2 saturated heterocycles. The number of nitrogens with zero attached hydrogens (tertiary/aromatic N) is 4. The number of likely N-dealkylation sites (tertiary alicyclic amines) is 1. The van der Waals surface area contributed by atoms with Gasteiger partial charge in [0.2, 0.25) is 0 Å². The minimum absolute atomic E-state index is 0.0602. The monoisotopic (exact) mass is 404 g/mol. The number of amides is 1. The van der Waals surface area contributed by atoms with Crippen LogP contribution in [0.15, 0.2) is 48.9 Å². The number of imidazole rings is 1. The second kappa shape index (κ2) is 7.84. The van der Waals surface area contributed by atoms with Crippen LogP contribution in [0.3, 0.4) is 0 Å². The van der Waals surface area contributed by atoms with Crippen molar-refractivity contribution in [3.05, 3.63) is 60.0 Å². The van der Waals surface area contributed by atoms with Crippen LogP contribution in [-0.2, 0) is 17.7 Å². The van der Waals surface area contributed by atoms with E-state index in [4.69, 9.17) is 4.74 Å². The zero-order valence-corrected chi connectivity index (χ0v) is 17.5. The fourth-order valence-corrected chi connectivity index (χ4v) is 4.89. The van der Waals surface area contributed by atoms with E-state index >= 15 is 0 Å². The van der Waals surface area contributed by atoms with E-state index in [2.05, 4.69) is 45.7 Å². The highest BCUT2D eigenvalue weighted by molar-refractivity contribution is 5.96. The summed E-state index contributed by atoms with van der Waals surface area (Å²) in [4.78, 5) is 24.1. The average Bonchev–Trinajstić information content (AvgIpc) is 3.36. The Kier molecular flexibility index (Phi) is 5.03. The molecule has 1 aromatic carbocycles. The van der Waals surface area contributed by atoms with Crippen molar-refractivity contribution in [1.82, 2.24) is 19.4 Å². The summed E-state index contributed by atoms with van der Waals surface area (Å²) >= 11 is 0. The first kappa shape index (κ1) is 19.2. The predicted molar refractivity (Wildman–Crippen MR) is 115 cm³/mol. The van der Waals surface area contributed by atoms with E-state index in [9.17, 15) is 4.79 Å². The summed E-state index contributed by atoms with van der Waals surface area (Å²) in [5.41, 5.74) is 3.80. The van der Waals surface area contributed by atoms with Gasteiger partial charge in [0.25, 0.3) is 5.91 Å². The fourth-order valence-electron chi connectivity index (χ4n) is 4.89. The molecule has 2 aliphatic rings. The first-order valence-corrected chi connectivity index (χ1v) is 10.9. The van der Waals surface area contributed by atoms with Gasteiger partial charge in [-0.25, -0.2) is 9.97 Å². The number of piperidine rings is 1. The topological polar surface area (TPSA) is 60.2 Å². The first-order chi connectivity index (χ1) is 14.6. The Hall–Kier alpha value is -2.73. The van der Waals surface area contributed by atoms with Crippen LogP contribution >= 0.6 is 0 Å². The third kappa shape index (κ3) is 3.72. The maximum Gasteiger partial charge on any atom is 0.255 e. The average molecular weight is 405 g/mol. The molecule has 1 atom stereocenters. The van der Waals surface area contributed by atoms with Crippen molar-refractivity contribution in [3.8, 4) is 0 Å². The maximum absolute atomic E-state index is 13.0. The molecule has 6 nitrogen and oxygen atoms in total. The maximum atomic E-state index is 13.0. The van der Waals surface area contributed by atoms with Crippen molar-refractivity contribution in [2.45, 2.75) is 45.3 Å². The van der Waals surface area contributed by atoms with Crippen LogP contribution < -0.4 is 0 Å². The summed E-state index contributed by atoms with van der Waals surface area (Å²) in [6, 6.07) is 12.3. The molecule has 0 N–H and O–H groups in total. The number of benzene rings is 1. The van der Waals surface area contributed by atoms with E-state index in [0.29, 0.717) is 11.7 Å². The Morgan fingerprint density at radius 3 is 2.73 bits per heavy atom. The molecule has 0 radical (unpaired) electrons. The third-order valence-electron chi connectivity index (χ3n) is 6.69. The third-order valence-corrected chi connectivity index (χ3v) is 6.69. The molecule has 1 amide bonds. The van der Waals surface area contributed by atoms with Gasteiger partial charge >= 0.3 is 0 Å². The lowest BCUT2D eigenvalue weighted by molar-refractivity contribution is 0.0506. The molecule has 1 spiro atoms. The van der Waals surface area contributed by atoms with Crippen LogP contribution in [0.25, 0.3) is 11.2 Å². The second-order valence-electron chi connectivity index (χ2n) is 8.86. The molecule has 5 rings (SSSR count). The summed E-state index contributed by atoms with van der Waals surface area (Å²) in [7, 11) is 0. The van der Waals surface area contributed by atoms with Crippen molar-refractivity contribution in [3.63, 3.8) is 0 Å². The molecule has 2 aliphatic heterocycles. The number of rotatable bonds is 4. The highest BCUT2D eigenvalue weighted by Gasteiger charge is 2.41. The Labute approximate surface area is 176 Å². The van der Waals surface area contributed by atoms with Crippen LogP contribution in [-0.4, -0.2) is 51.1 Å². The molecule has 1 unspecified atom stereocenters. The Bertz CT molecular complexity index is 1040. The lowest BCUT2D eigenvalue weighted by Gasteiger charge is -2.38. The fraction of sp³-hybridized carbons (Fsp3) is 0.458. The normalized spacial score (nSPS) is 20.8. The van der Waals surface area contributed by atoms with Gasteiger partial charge in [-0.3, -0.25) is 4.79 Å². The Balaban J connectivity index is 1.26. The zero-order valence-electron chi connectivity index (χ0n) is 17.5. The first-order valence-electron chi connectivity index (χ1n) is 10.9. The number of aryl methyl sites for hydroxylation is 2. The van der Waals surface area contributed by atoms with Crippen LogP contribution in [0.5, 0.6) is 0 Å². The van der Waals surface area contributed by atoms with Gasteiger partial charge in [-0.05, 0) is 49.7 Å². The molecule has 3 aromatic rings. The molecule has 0 saturated carbocycles. The number of carbonyl (C=O) groups is 1. The summed E-state index contributed by atoms with van der Waals surface area (Å²) < 4.78 is 7.86. The van der Waals surface area contributed by atoms with Gasteiger partial charge < -0.3 is 14.2 Å². The lowest BCUT2D eigenvalue weighted by atomic mass is 9.77. The standard InChI is InChI=1S/C24H28N4O2/c1-18-14-24(16-30-18)8-11-27(12-9-24)23(29)20-13-21-22(25-15-20)28(17-26-21)10-7-19-5-3-2-4-6-19/h2-6,13,15,17-18H,7-12,14,16H2,1H3. The number of aromatic nitrogens is 3. The van der Waals surface area contributed by atoms with Crippen molar-refractivity contribution in [2.24, 2.45) is 5.41 Å². The molecule has 0 aliphatic carbocycles. The molecular weight excluding hydrogens is 376 g/mol. The highest BCUT2D eigenvalue weighted by atomic mass is 16.5. The summed E-state index contributed by atoms with van der Waals surface area (Å²) in [6.45, 7) is 5.38. The Morgan fingerprint density at radius 2 is 2.00 bits per heavy atom. The lowest BCUT2D eigenvalue weighted by Crippen LogP contribution is -2.43. The van der Waals surface area contributed by atoms with E-state index in [1.54, 1.807) is 6.20 Å². The van der Waals surface area contributed by atoms with E-state index < -0.39 is 0 Å². The minimum atomic E-state index is 0.0602. The van der Waals surface area contributed by atoms with Gasteiger partial charge in [0, 0.05) is 25.8 Å². The zero-order chi connectivity index (χ0) is 20.6. The van der Waals surface area contributed by atoms with Gasteiger partial charge in [-0.2, -0.15) is 0 Å². The molecule has 30 heavy (non-hydrogen) atoms. The van der Waals surface area contributed by atoms with E-state index in [1.807, 2.05) is 23.4 Å².